The maximum absolute atomic E-state index is 12.1. The molecule has 0 aromatic rings. The Morgan fingerprint density at radius 1 is 1.20 bits per heavy atom. The molecule has 0 aromatic heterocycles. The fraction of sp³-hybridized carbons (Fsp3) is 0.800. The van der Waals surface area contributed by atoms with Gasteiger partial charge in [-0.3, -0.25) is 9.59 Å². The molecule has 4 atom stereocenters. The predicted octanol–water partition coefficient (Wildman–Crippen LogP) is 3.48. The van der Waals surface area contributed by atoms with Gasteiger partial charge in [0.25, 0.3) is 0 Å². The second-order valence-electron chi connectivity index (χ2n) is 7.22. The van der Waals surface area contributed by atoms with Gasteiger partial charge in [-0.05, 0) is 19.3 Å². The van der Waals surface area contributed by atoms with Gasteiger partial charge in [0.1, 0.15) is 5.78 Å². The van der Waals surface area contributed by atoms with Crippen LogP contribution in [-0.2, 0) is 9.59 Å². The third kappa shape index (κ3) is 8.63. The molecule has 1 saturated carbocycles. The van der Waals surface area contributed by atoms with Crippen molar-refractivity contribution in [2.24, 2.45) is 11.8 Å². The molecule has 1 rings (SSSR count). The number of carboxylic acid groups (broad SMARTS) is 1. The summed E-state index contributed by atoms with van der Waals surface area (Å²) in [5.41, 5.74) is 0. The summed E-state index contributed by atoms with van der Waals surface area (Å²) in [6.07, 6.45) is 10.7. The van der Waals surface area contributed by atoms with Gasteiger partial charge in [0.2, 0.25) is 0 Å². The molecule has 1 fully saturated rings. The lowest BCUT2D eigenvalue weighted by molar-refractivity contribution is -0.137. The second-order valence-corrected chi connectivity index (χ2v) is 7.22. The van der Waals surface area contributed by atoms with Gasteiger partial charge in [0, 0.05) is 24.7 Å². The first-order valence-electron chi connectivity index (χ1n) is 9.74. The number of carbonyl (C=O) groups excluding carboxylic acids is 1. The summed E-state index contributed by atoms with van der Waals surface area (Å²) in [4.78, 5) is 22.6. The van der Waals surface area contributed by atoms with Gasteiger partial charge in [-0.1, -0.05) is 57.6 Å². The van der Waals surface area contributed by atoms with Crippen LogP contribution in [0.15, 0.2) is 12.2 Å². The molecule has 0 heterocycles. The van der Waals surface area contributed by atoms with Crippen LogP contribution in [0.5, 0.6) is 0 Å². The monoisotopic (exact) mass is 354 g/mol. The van der Waals surface area contributed by atoms with Crippen molar-refractivity contribution in [2.75, 3.05) is 0 Å². The summed E-state index contributed by atoms with van der Waals surface area (Å²) in [5.74, 6) is -1.04. The van der Waals surface area contributed by atoms with E-state index in [1.807, 2.05) is 6.08 Å². The zero-order valence-electron chi connectivity index (χ0n) is 15.4. The molecule has 0 aliphatic heterocycles. The molecule has 5 heteroatoms. The maximum Gasteiger partial charge on any atom is 0.303 e. The van der Waals surface area contributed by atoms with Crippen molar-refractivity contribution in [1.29, 1.82) is 0 Å². The largest absolute Gasteiger partial charge is 0.481 e. The van der Waals surface area contributed by atoms with Crippen LogP contribution in [0.1, 0.15) is 77.6 Å². The lowest BCUT2D eigenvalue weighted by atomic mass is 9.88. The van der Waals surface area contributed by atoms with Crippen LogP contribution in [0.4, 0.5) is 0 Å². The fourth-order valence-electron chi connectivity index (χ4n) is 3.54. The Labute approximate surface area is 151 Å². The SMILES string of the molecule is CCCCC[C@@H](O)/C=C/[C@@H]1[C@H](CCCCCCC(=O)O)C(=O)C[C@@H]1O. The highest BCUT2D eigenvalue weighted by Crippen LogP contribution is 2.34. The van der Waals surface area contributed by atoms with Crippen molar-refractivity contribution in [3.8, 4) is 0 Å². The molecule has 0 amide bonds. The molecule has 5 nitrogen and oxygen atoms in total. The smallest absolute Gasteiger partial charge is 0.303 e. The van der Waals surface area contributed by atoms with Crippen molar-refractivity contribution >= 4 is 11.8 Å². The van der Waals surface area contributed by atoms with Crippen molar-refractivity contribution in [1.82, 2.24) is 0 Å². The Morgan fingerprint density at radius 2 is 1.92 bits per heavy atom. The Morgan fingerprint density at radius 3 is 2.60 bits per heavy atom. The van der Waals surface area contributed by atoms with E-state index in [2.05, 4.69) is 6.92 Å². The van der Waals surface area contributed by atoms with Gasteiger partial charge in [-0.2, -0.15) is 0 Å². The van der Waals surface area contributed by atoms with E-state index in [4.69, 9.17) is 5.11 Å². The van der Waals surface area contributed by atoms with E-state index in [1.165, 1.54) is 0 Å². The van der Waals surface area contributed by atoms with Crippen LogP contribution in [0, 0.1) is 11.8 Å². The topological polar surface area (TPSA) is 94.8 Å². The third-order valence-corrected chi connectivity index (χ3v) is 5.05. The molecular weight excluding hydrogens is 320 g/mol. The van der Waals surface area contributed by atoms with Crippen LogP contribution >= 0.6 is 0 Å². The van der Waals surface area contributed by atoms with E-state index in [1.54, 1.807) is 6.08 Å². The number of carbonyl (C=O) groups is 2. The predicted molar refractivity (Wildman–Crippen MR) is 97.2 cm³/mol. The first kappa shape index (κ1) is 21.8. The lowest BCUT2D eigenvalue weighted by Gasteiger charge is -2.18. The molecule has 0 aromatic carbocycles. The Bertz CT molecular complexity index is 432. The number of carboxylic acids is 1. The van der Waals surface area contributed by atoms with Crippen LogP contribution in [0.2, 0.25) is 0 Å². The Balaban J connectivity index is 2.39. The number of unbranched alkanes of at least 4 members (excludes halogenated alkanes) is 5. The first-order valence-corrected chi connectivity index (χ1v) is 9.74. The van der Waals surface area contributed by atoms with Gasteiger partial charge in [-0.25, -0.2) is 0 Å². The van der Waals surface area contributed by atoms with E-state index in [0.29, 0.717) is 6.42 Å². The van der Waals surface area contributed by atoms with Crippen molar-refractivity contribution in [2.45, 2.75) is 89.8 Å². The fourth-order valence-corrected chi connectivity index (χ4v) is 3.54. The summed E-state index contributed by atoms with van der Waals surface area (Å²) in [6, 6.07) is 0. The number of Topliss-reactive ketones (excluding diaryl/α,β-unsaturated/α-hetero) is 1. The van der Waals surface area contributed by atoms with Gasteiger partial charge in [0.15, 0.2) is 0 Å². The zero-order chi connectivity index (χ0) is 18.7. The number of rotatable bonds is 13. The van der Waals surface area contributed by atoms with Gasteiger partial charge in [-0.15, -0.1) is 0 Å². The average molecular weight is 354 g/mol. The highest BCUT2D eigenvalue weighted by Gasteiger charge is 2.39. The number of aliphatic hydroxyl groups is 2. The molecule has 25 heavy (non-hydrogen) atoms. The van der Waals surface area contributed by atoms with Crippen molar-refractivity contribution in [3.63, 3.8) is 0 Å². The number of ketones is 1. The standard InChI is InChI=1S/C20H34O5/c1-2-3-6-9-15(21)12-13-17-16(18(22)14-19(17)23)10-7-4-5-8-11-20(24)25/h12-13,15-17,19,21,23H,2-11,14H2,1H3,(H,24,25)/b13-12+/t15-,16+,17-,19+/m1/s1. The quantitative estimate of drug-likeness (QED) is 0.348. The van der Waals surface area contributed by atoms with E-state index >= 15 is 0 Å². The van der Waals surface area contributed by atoms with Crippen LogP contribution in [0.3, 0.4) is 0 Å². The molecule has 0 radical (unpaired) electrons. The molecule has 0 unspecified atom stereocenters. The Hall–Kier alpha value is -1.20. The molecule has 1 aliphatic carbocycles. The molecule has 144 valence electrons. The summed E-state index contributed by atoms with van der Waals surface area (Å²) in [7, 11) is 0. The maximum atomic E-state index is 12.1. The van der Waals surface area contributed by atoms with E-state index in [0.717, 1.165) is 51.4 Å². The van der Waals surface area contributed by atoms with E-state index in [-0.39, 0.29) is 30.5 Å². The van der Waals surface area contributed by atoms with Gasteiger partial charge in [0.05, 0.1) is 12.2 Å². The first-order chi connectivity index (χ1) is 12.0. The summed E-state index contributed by atoms with van der Waals surface area (Å²) >= 11 is 0. The van der Waals surface area contributed by atoms with E-state index < -0.39 is 18.2 Å². The third-order valence-electron chi connectivity index (χ3n) is 5.05. The second kappa shape index (κ2) is 12.2. The number of aliphatic carboxylic acids is 1. The van der Waals surface area contributed by atoms with E-state index in [9.17, 15) is 19.8 Å². The van der Waals surface area contributed by atoms with Crippen LogP contribution in [0.25, 0.3) is 0 Å². The minimum Gasteiger partial charge on any atom is -0.481 e. The summed E-state index contributed by atoms with van der Waals surface area (Å²) in [5, 5.41) is 28.7. The number of hydrogen-bond acceptors (Lipinski definition) is 4. The van der Waals surface area contributed by atoms with Crippen molar-refractivity contribution < 1.29 is 24.9 Å². The lowest BCUT2D eigenvalue weighted by Crippen LogP contribution is -2.19. The summed E-state index contributed by atoms with van der Waals surface area (Å²) in [6.45, 7) is 2.12. The summed E-state index contributed by atoms with van der Waals surface area (Å²) < 4.78 is 0. The van der Waals surface area contributed by atoms with Crippen LogP contribution in [-0.4, -0.2) is 39.3 Å². The van der Waals surface area contributed by atoms with Crippen molar-refractivity contribution in [3.05, 3.63) is 12.2 Å². The van der Waals surface area contributed by atoms with Gasteiger partial charge < -0.3 is 15.3 Å². The highest BCUT2D eigenvalue weighted by molar-refractivity contribution is 5.84. The highest BCUT2D eigenvalue weighted by atomic mass is 16.4. The van der Waals surface area contributed by atoms with Crippen LogP contribution < -0.4 is 0 Å². The molecule has 3 N–H and O–H groups in total. The molecular formula is C20H34O5. The minimum atomic E-state index is -0.767. The molecule has 1 aliphatic rings. The van der Waals surface area contributed by atoms with Gasteiger partial charge >= 0.3 is 5.97 Å². The number of aliphatic hydroxyl groups excluding tert-OH is 2. The average Bonchev–Trinajstić information content (AvgIpc) is 2.82. The molecule has 0 spiro atoms. The molecule has 0 saturated heterocycles. The normalized spacial score (nSPS) is 24.9. The minimum absolute atomic E-state index is 0.105. The Kier molecular flexibility index (Phi) is 10.7. The molecule has 0 bridgehead atoms. The number of hydrogen-bond donors (Lipinski definition) is 3. The zero-order valence-corrected chi connectivity index (χ0v) is 15.4.